The second-order valence-corrected chi connectivity index (χ2v) is 7.68. The first-order valence-corrected chi connectivity index (χ1v) is 8.97. The fourth-order valence-electron chi connectivity index (χ4n) is 2.53. The molecule has 0 fully saturated rings. The molecule has 0 aliphatic carbocycles. The summed E-state index contributed by atoms with van der Waals surface area (Å²) in [5.41, 5.74) is 2.20. The fraction of sp³-hybridized carbons (Fsp3) is 0.556. The third-order valence-corrected chi connectivity index (χ3v) is 4.65. The van der Waals surface area contributed by atoms with Crippen LogP contribution in [-0.4, -0.2) is 36.8 Å². The topological polar surface area (TPSA) is 47.5 Å². The molecule has 24 heavy (non-hydrogen) atoms. The zero-order valence-corrected chi connectivity index (χ0v) is 16.0. The largest absolute Gasteiger partial charge is 0.379 e. The van der Waals surface area contributed by atoms with Gasteiger partial charge in [-0.05, 0) is 27.8 Å². The summed E-state index contributed by atoms with van der Waals surface area (Å²) in [7, 11) is 3.44. The molecule has 0 saturated heterocycles. The number of thiophene rings is 1. The summed E-state index contributed by atoms with van der Waals surface area (Å²) in [6.07, 6.45) is 1.69. The van der Waals surface area contributed by atoms with Gasteiger partial charge in [0.2, 0.25) is 0 Å². The molecule has 2 heterocycles. The quantitative estimate of drug-likeness (QED) is 0.726. The van der Waals surface area contributed by atoms with Crippen LogP contribution in [0.2, 0.25) is 0 Å². The molecule has 2 rings (SSSR count). The summed E-state index contributed by atoms with van der Waals surface area (Å²) in [6, 6.07) is 4.14. The van der Waals surface area contributed by atoms with Crippen molar-refractivity contribution in [1.29, 1.82) is 0 Å². The van der Waals surface area contributed by atoms with Gasteiger partial charge in [-0.15, -0.1) is 0 Å². The van der Waals surface area contributed by atoms with Gasteiger partial charge in [0, 0.05) is 33.4 Å². The zero-order valence-electron chi connectivity index (χ0n) is 15.2. The smallest absolute Gasteiger partial charge is 0.132 e. The Labute approximate surface area is 148 Å². The first-order valence-electron chi connectivity index (χ1n) is 8.02. The van der Waals surface area contributed by atoms with Gasteiger partial charge in [-0.1, -0.05) is 20.8 Å². The minimum Gasteiger partial charge on any atom is -0.379 e. The van der Waals surface area contributed by atoms with E-state index in [4.69, 9.17) is 9.47 Å². The van der Waals surface area contributed by atoms with Crippen LogP contribution in [0.15, 0.2) is 29.2 Å². The Balaban J connectivity index is 2.26. The van der Waals surface area contributed by atoms with E-state index in [1.54, 1.807) is 31.9 Å². The van der Waals surface area contributed by atoms with Crippen LogP contribution in [-0.2, 0) is 22.6 Å². The number of nitrogens with zero attached hydrogens (tertiary/aromatic N) is 3. The van der Waals surface area contributed by atoms with E-state index in [1.165, 1.54) is 5.56 Å². The van der Waals surface area contributed by atoms with Gasteiger partial charge in [0.15, 0.2) is 0 Å². The second kappa shape index (κ2) is 8.55. The predicted molar refractivity (Wildman–Crippen MR) is 98.4 cm³/mol. The molecule has 2 aromatic heterocycles. The lowest BCUT2D eigenvalue weighted by atomic mass is 9.88. The minimum atomic E-state index is 0.0457. The molecule has 0 aliphatic heterocycles. The molecule has 0 amide bonds. The third kappa shape index (κ3) is 5.26. The maximum Gasteiger partial charge on any atom is 0.132 e. The summed E-state index contributed by atoms with van der Waals surface area (Å²) in [5.74, 6) is 0.898. The lowest BCUT2D eigenvalue weighted by molar-refractivity contribution is 0.0220. The van der Waals surface area contributed by atoms with Crippen LogP contribution in [0.1, 0.15) is 32.0 Å². The molecule has 0 aliphatic rings. The SMILES string of the molecule is COCc1cc(N(Cc2ccsc2)CC(OC)C(C)(C)C)ncn1. The van der Waals surface area contributed by atoms with E-state index in [2.05, 4.69) is 52.5 Å². The van der Waals surface area contributed by atoms with E-state index in [1.807, 2.05) is 6.07 Å². The normalized spacial score (nSPS) is 13.0. The van der Waals surface area contributed by atoms with Crippen LogP contribution >= 0.6 is 11.3 Å². The average Bonchev–Trinajstić information content (AvgIpc) is 3.03. The molecule has 0 saturated carbocycles. The fourth-order valence-corrected chi connectivity index (χ4v) is 3.19. The monoisotopic (exact) mass is 349 g/mol. The highest BCUT2D eigenvalue weighted by Crippen LogP contribution is 2.25. The van der Waals surface area contributed by atoms with Crippen LogP contribution in [0.3, 0.4) is 0 Å². The molecule has 2 aromatic rings. The number of aromatic nitrogens is 2. The van der Waals surface area contributed by atoms with Gasteiger partial charge >= 0.3 is 0 Å². The van der Waals surface area contributed by atoms with Crippen molar-refractivity contribution in [2.75, 3.05) is 25.7 Å². The summed E-state index contributed by atoms with van der Waals surface area (Å²) in [4.78, 5) is 11.0. The van der Waals surface area contributed by atoms with Crippen molar-refractivity contribution in [2.45, 2.75) is 40.0 Å². The number of anilines is 1. The summed E-state index contributed by atoms with van der Waals surface area (Å²) < 4.78 is 10.9. The van der Waals surface area contributed by atoms with E-state index in [-0.39, 0.29) is 11.5 Å². The molecule has 5 nitrogen and oxygen atoms in total. The molecular weight excluding hydrogens is 322 g/mol. The van der Waals surface area contributed by atoms with E-state index in [9.17, 15) is 0 Å². The number of ether oxygens (including phenoxy) is 2. The zero-order chi connectivity index (χ0) is 17.6. The van der Waals surface area contributed by atoms with Gasteiger partial charge < -0.3 is 14.4 Å². The van der Waals surface area contributed by atoms with Crippen LogP contribution < -0.4 is 4.90 Å². The lowest BCUT2D eigenvalue weighted by Crippen LogP contribution is -2.41. The van der Waals surface area contributed by atoms with Gasteiger partial charge in [-0.25, -0.2) is 9.97 Å². The highest BCUT2D eigenvalue weighted by atomic mass is 32.1. The maximum atomic E-state index is 5.76. The van der Waals surface area contributed by atoms with Crippen LogP contribution in [0.25, 0.3) is 0 Å². The molecule has 0 aromatic carbocycles. The number of hydrogen-bond donors (Lipinski definition) is 0. The van der Waals surface area contributed by atoms with Crippen molar-refractivity contribution < 1.29 is 9.47 Å². The Morgan fingerprint density at radius 2 is 2.04 bits per heavy atom. The maximum absolute atomic E-state index is 5.76. The first-order chi connectivity index (χ1) is 11.4. The third-order valence-electron chi connectivity index (χ3n) is 3.92. The van der Waals surface area contributed by atoms with Crippen molar-refractivity contribution in [2.24, 2.45) is 5.41 Å². The summed E-state index contributed by atoms with van der Waals surface area (Å²) in [5, 5.41) is 4.27. The van der Waals surface area contributed by atoms with Gasteiger partial charge in [0.25, 0.3) is 0 Å². The standard InChI is InChI=1S/C18H27N3O2S/c1-18(2,3)16(23-5)10-21(9-14-6-7-24-12-14)17-8-15(11-22-4)19-13-20-17/h6-8,12-13,16H,9-11H2,1-5H3. The molecule has 0 radical (unpaired) electrons. The Bertz CT molecular complexity index is 611. The Hall–Kier alpha value is -1.50. The van der Waals surface area contributed by atoms with E-state index < -0.39 is 0 Å². The number of hydrogen-bond acceptors (Lipinski definition) is 6. The van der Waals surface area contributed by atoms with Gasteiger partial charge in [-0.3, -0.25) is 0 Å². The number of methoxy groups -OCH3 is 2. The lowest BCUT2D eigenvalue weighted by Gasteiger charge is -2.35. The molecule has 0 spiro atoms. The molecule has 0 bridgehead atoms. The Morgan fingerprint density at radius 3 is 2.62 bits per heavy atom. The second-order valence-electron chi connectivity index (χ2n) is 6.90. The summed E-state index contributed by atoms with van der Waals surface area (Å²) in [6.45, 7) is 8.62. The Kier molecular flexibility index (Phi) is 6.71. The molecular formula is C18H27N3O2S. The van der Waals surface area contributed by atoms with Gasteiger partial charge in [0.1, 0.15) is 12.1 Å². The van der Waals surface area contributed by atoms with Gasteiger partial charge in [0.05, 0.1) is 18.4 Å². The van der Waals surface area contributed by atoms with Gasteiger partial charge in [-0.2, -0.15) is 11.3 Å². The molecule has 1 unspecified atom stereocenters. The molecule has 0 N–H and O–H groups in total. The van der Waals surface area contributed by atoms with Crippen molar-refractivity contribution in [3.05, 3.63) is 40.5 Å². The van der Waals surface area contributed by atoms with Crippen LogP contribution in [0, 0.1) is 5.41 Å². The summed E-state index contributed by atoms with van der Waals surface area (Å²) >= 11 is 1.71. The van der Waals surface area contributed by atoms with Crippen molar-refractivity contribution in [3.63, 3.8) is 0 Å². The molecule has 6 heteroatoms. The molecule has 1 atom stereocenters. The predicted octanol–water partition coefficient (Wildman–Crippen LogP) is 3.75. The van der Waals surface area contributed by atoms with E-state index in [0.717, 1.165) is 24.6 Å². The highest BCUT2D eigenvalue weighted by molar-refractivity contribution is 7.07. The van der Waals surface area contributed by atoms with Crippen molar-refractivity contribution in [1.82, 2.24) is 9.97 Å². The number of rotatable bonds is 8. The Morgan fingerprint density at radius 1 is 1.25 bits per heavy atom. The molecule has 132 valence electrons. The highest BCUT2D eigenvalue weighted by Gasteiger charge is 2.27. The van der Waals surface area contributed by atoms with Crippen LogP contribution in [0.5, 0.6) is 0 Å². The minimum absolute atomic E-state index is 0.0457. The van der Waals surface area contributed by atoms with E-state index >= 15 is 0 Å². The average molecular weight is 350 g/mol. The van der Waals surface area contributed by atoms with Crippen molar-refractivity contribution in [3.8, 4) is 0 Å². The van der Waals surface area contributed by atoms with E-state index in [0.29, 0.717) is 6.61 Å². The van der Waals surface area contributed by atoms with Crippen molar-refractivity contribution >= 4 is 17.2 Å². The van der Waals surface area contributed by atoms with Crippen LogP contribution in [0.4, 0.5) is 5.82 Å². The first kappa shape index (κ1) is 18.8.